The van der Waals surface area contributed by atoms with Crippen molar-refractivity contribution in [2.24, 2.45) is 0 Å². The van der Waals surface area contributed by atoms with Crippen molar-refractivity contribution in [3.05, 3.63) is 46.6 Å². The van der Waals surface area contributed by atoms with Gasteiger partial charge in [0.1, 0.15) is 83.2 Å². The van der Waals surface area contributed by atoms with Gasteiger partial charge >= 0.3 is 0 Å². The Hall–Kier alpha value is -3.63. The van der Waals surface area contributed by atoms with Crippen LogP contribution in [0.2, 0.25) is 0 Å². The zero-order chi connectivity index (χ0) is 37.0. The van der Waals surface area contributed by atoms with Gasteiger partial charge in [0.05, 0.1) is 18.3 Å². The van der Waals surface area contributed by atoms with Gasteiger partial charge in [-0.25, -0.2) is 0 Å². The first-order valence-electron chi connectivity index (χ1n) is 16.1. The number of aliphatic hydroxyl groups is 8. The average molecular weight is 725 g/mol. The van der Waals surface area contributed by atoms with E-state index in [0.29, 0.717) is 0 Å². The third-order valence-corrected chi connectivity index (χ3v) is 9.21. The van der Waals surface area contributed by atoms with Crippen LogP contribution in [0.5, 0.6) is 23.0 Å². The molecule has 4 heterocycles. The van der Waals surface area contributed by atoms with E-state index in [1.165, 1.54) is 51.1 Å². The van der Waals surface area contributed by atoms with Gasteiger partial charge in [0.2, 0.25) is 23.8 Å². The van der Waals surface area contributed by atoms with Crippen molar-refractivity contribution in [3.63, 3.8) is 0 Å². The second kappa shape index (κ2) is 14.4. The fourth-order valence-corrected chi connectivity index (χ4v) is 6.17. The monoisotopic (exact) mass is 724 g/mol. The zero-order valence-corrected chi connectivity index (χ0v) is 27.4. The highest BCUT2D eigenvalue weighted by Crippen LogP contribution is 2.39. The lowest BCUT2D eigenvalue weighted by Crippen LogP contribution is -2.63. The van der Waals surface area contributed by atoms with E-state index in [2.05, 4.69) is 0 Å². The third-order valence-electron chi connectivity index (χ3n) is 9.21. The summed E-state index contributed by atoms with van der Waals surface area (Å²) in [4.78, 5) is 14.0. The van der Waals surface area contributed by atoms with Gasteiger partial charge in [0, 0.05) is 17.7 Å². The summed E-state index contributed by atoms with van der Waals surface area (Å²) >= 11 is 0. The summed E-state index contributed by atoms with van der Waals surface area (Å²) < 4.78 is 39.9. The van der Waals surface area contributed by atoms with Crippen LogP contribution in [-0.2, 0) is 18.9 Å². The normalized spacial score (nSPS) is 38.8. The fraction of sp³-hybridized carbons (Fsp3) is 0.545. The van der Waals surface area contributed by atoms with Crippen LogP contribution >= 0.6 is 0 Å². The number of fused-ring (bicyclic) bond motifs is 1. The molecule has 6 unspecified atom stereocenters. The van der Waals surface area contributed by atoms with E-state index >= 15 is 0 Å². The summed E-state index contributed by atoms with van der Waals surface area (Å²) in [5.74, 6) is -1.79. The van der Waals surface area contributed by atoms with Crippen molar-refractivity contribution in [2.75, 3.05) is 0 Å². The van der Waals surface area contributed by atoms with Crippen LogP contribution in [0.4, 0.5) is 0 Å². The van der Waals surface area contributed by atoms with Crippen molar-refractivity contribution in [2.45, 2.75) is 113 Å². The molecule has 0 bridgehead atoms. The topological polar surface area (TPSA) is 288 Å². The Kier molecular flexibility index (Phi) is 10.5. The second-order valence-corrected chi connectivity index (χ2v) is 12.8. The van der Waals surface area contributed by atoms with Gasteiger partial charge in [0.15, 0.2) is 12.1 Å². The van der Waals surface area contributed by atoms with Crippen molar-refractivity contribution < 1.29 is 83.9 Å². The SMILES string of the molecule is CC1O[C@@H](Oc2c(-c3ccc(O)cc3)oc3cc(O[C@@H]4OC(C)[C@H](O)[C@H](O)C4O)cc(O)c3c2=O)[C@@H](O)C(O)[C@H]1O[C@@H]1OC(C)[C@H](O)[C@H](O)C1O. The summed E-state index contributed by atoms with van der Waals surface area (Å²) in [6.45, 7) is 4.32. The Bertz CT molecular complexity index is 1750. The van der Waals surface area contributed by atoms with E-state index in [-0.39, 0.29) is 28.4 Å². The van der Waals surface area contributed by atoms with Crippen LogP contribution in [0.1, 0.15) is 20.8 Å². The number of phenolic OH excluding ortho intramolecular Hbond substituents is 2. The van der Waals surface area contributed by atoms with Crippen LogP contribution in [0.25, 0.3) is 22.3 Å². The molecule has 0 spiro atoms. The van der Waals surface area contributed by atoms with E-state index in [1.54, 1.807) is 0 Å². The molecule has 0 aliphatic carbocycles. The molecule has 18 heteroatoms. The quantitative estimate of drug-likeness (QED) is 0.128. The Morgan fingerprint density at radius 2 is 1.14 bits per heavy atom. The highest BCUT2D eigenvalue weighted by molar-refractivity contribution is 5.88. The minimum atomic E-state index is -1.90. The molecule has 2 aromatic carbocycles. The van der Waals surface area contributed by atoms with Crippen molar-refractivity contribution in [1.29, 1.82) is 0 Å². The summed E-state index contributed by atoms with van der Waals surface area (Å²) in [5.41, 5.74) is -1.02. The molecule has 3 aromatic rings. The van der Waals surface area contributed by atoms with Gasteiger partial charge in [-0.3, -0.25) is 4.79 Å². The maximum Gasteiger partial charge on any atom is 0.239 e. The maximum absolute atomic E-state index is 14.0. The predicted molar refractivity (Wildman–Crippen MR) is 168 cm³/mol. The van der Waals surface area contributed by atoms with Gasteiger partial charge in [0.25, 0.3) is 0 Å². The van der Waals surface area contributed by atoms with E-state index < -0.39 is 114 Å². The van der Waals surface area contributed by atoms with Crippen LogP contribution < -0.4 is 14.9 Å². The number of aromatic hydroxyl groups is 2. The molecule has 18 nitrogen and oxygen atoms in total. The summed E-state index contributed by atoms with van der Waals surface area (Å²) in [7, 11) is 0. The Morgan fingerprint density at radius 1 is 0.608 bits per heavy atom. The minimum absolute atomic E-state index is 0.122. The van der Waals surface area contributed by atoms with Crippen LogP contribution in [0.15, 0.2) is 45.6 Å². The average Bonchev–Trinajstić information content (AvgIpc) is 3.09. The van der Waals surface area contributed by atoms with Gasteiger partial charge in [-0.05, 0) is 45.0 Å². The standard InChI is InChI=1S/C33H40O18/c1-10-19(36)22(39)25(42)31(45-10)48-15-8-16(35)18-17(9-15)49-29(13-4-6-14(34)7-5-13)30(21(18)38)51-33-27(44)24(41)28(12(3)47-33)50-32-26(43)23(40)20(37)11(2)46-32/h4-12,19-20,22-28,31-37,39-44H,1-3H3/t10?,11?,12?,19-,20-,22-,23-,24?,25?,26?,27-,28-,31-,32-,33-/m0/s1. The zero-order valence-electron chi connectivity index (χ0n) is 27.4. The largest absolute Gasteiger partial charge is 0.508 e. The minimum Gasteiger partial charge on any atom is -0.508 e. The molecule has 0 amide bonds. The van der Waals surface area contributed by atoms with Gasteiger partial charge in [-0.15, -0.1) is 0 Å². The number of hydrogen-bond acceptors (Lipinski definition) is 18. The summed E-state index contributed by atoms with van der Waals surface area (Å²) in [6, 6.07) is 7.56. The van der Waals surface area contributed by atoms with Crippen molar-refractivity contribution in [1.82, 2.24) is 0 Å². The molecule has 3 aliphatic rings. The van der Waals surface area contributed by atoms with E-state index in [9.17, 15) is 55.9 Å². The predicted octanol–water partition coefficient (Wildman–Crippen LogP) is -1.86. The summed E-state index contributed by atoms with van der Waals surface area (Å²) in [5, 5.41) is 104. The number of hydrogen-bond donors (Lipinski definition) is 10. The Labute approximate surface area is 288 Å². The lowest BCUT2D eigenvalue weighted by Gasteiger charge is -2.45. The molecular weight excluding hydrogens is 684 g/mol. The first-order valence-corrected chi connectivity index (χ1v) is 16.1. The number of rotatable bonds is 7. The smallest absolute Gasteiger partial charge is 0.239 e. The number of phenols is 2. The molecule has 1 aromatic heterocycles. The van der Waals surface area contributed by atoms with Crippen molar-refractivity contribution in [3.8, 4) is 34.3 Å². The molecule has 10 N–H and O–H groups in total. The molecule has 3 fully saturated rings. The molecule has 51 heavy (non-hydrogen) atoms. The molecule has 0 saturated carbocycles. The Balaban J connectivity index is 1.31. The lowest BCUT2D eigenvalue weighted by atomic mass is 9.97. The number of aliphatic hydroxyl groups excluding tert-OH is 8. The van der Waals surface area contributed by atoms with Crippen LogP contribution in [-0.4, -0.2) is 143 Å². The molecule has 3 saturated heterocycles. The molecule has 280 valence electrons. The second-order valence-electron chi connectivity index (χ2n) is 12.8. The third kappa shape index (κ3) is 6.98. The highest BCUT2D eigenvalue weighted by atomic mass is 16.7. The molecule has 0 radical (unpaired) electrons. The van der Waals surface area contributed by atoms with Gasteiger partial charge < -0.3 is 83.9 Å². The van der Waals surface area contributed by atoms with Crippen LogP contribution in [0, 0.1) is 0 Å². The van der Waals surface area contributed by atoms with Crippen molar-refractivity contribution >= 4 is 11.0 Å². The van der Waals surface area contributed by atoms with Gasteiger partial charge in [-0.2, -0.15) is 0 Å². The fourth-order valence-electron chi connectivity index (χ4n) is 6.17. The molecule has 6 rings (SSSR count). The van der Waals surface area contributed by atoms with E-state index in [0.717, 1.165) is 6.07 Å². The Morgan fingerprint density at radius 3 is 1.76 bits per heavy atom. The summed E-state index contributed by atoms with van der Waals surface area (Å²) in [6.07, 6.45) is -22.2. The number of ether oxygens (including phenoxy) is 6. The first kappa shape index (κ1) is 37.1. The molecule has 15 atom stereocenters. The molecule has 3 aliphatic heterocycles. The van der Waals surface area contributed by atoms with E-state index in [4.69, 9.17) is 32.8 Å². The highest BCUT2D eigenvalue weighted by Gasteiger charge is 2.50. The van der Waals surface area contributed by atoms with Gasteiger partial charge in [-0.1, -0.05) is 0 Å². The van der Waals surface area contributed by atoms with Crippen LogP contribution in [0.3, 0.4) is 0 Å². The number of benzene rings is 2. The first-order chi connectivity index (χ1) is 24.1. The lowest BCUT2D eigenvalue weighted by molar-refractivity contribution is -0.345. The maximum atomic E-state index is 14.0. The van der Waals surface area contributed by atoms with E-state index in [1.807, 2.05) is 0 Å². The molecular formula is C33H40O18.